The molecule has 1 saturated heterocycles. The van der Waals surface area contributed by atoms with Gasteiger partial charge in [0.05, 0.1) is 6.20 Å². The lowest BCUT2D eigenvalue weighted by Gasteiger charge is -2.19. The number of carbonyl (C=O) groups excluding carboxylic acids is 1. The van der Waals surface area contributed by atoms with E-state index >= 15 is 0 Å². The van der Waals surface area contributed by atoms with Crippen LogP contribution in [0, 0.1) is 0 Å². The third-order valence-electron chi connectivity index (χ3n) is 3.51. The molecule has 0 saturated carbocycles. The molecular formula is C15H15BrN4O. The zero-order valence-electron chi connectivity index (χ0n) is 11.4. The number of amides is 1. The zero-order chi connectivity index (χ0) is 14.7. The Morgan fingerprint density at radius 1 is 1.29 bits per heavy atom. The fraction of sp³-hybridized carbons (Fsp3) is 0.267. The van der Waals surface area contributed by atoms with E-state index in [9.17, 15) is 4.79 Å². The minimum atomic E-state index is -0.161. The Hall–Kier alpha value is -1.95. The van der Waals surface area contributed by atoms with E-state index in [2.05, 4.69) is 48.2 Å². The second-order valence-electron chi connectivity index (χ2n) is 4.97. The van der Waals surface area contributed by atoms with Crippen molar-refractivity contribution in [1.82, 2.24) is 15.3 Å². The van der Waals surface area contributed by atoms with Crippen molar-refractivity contribution in [3.8, 4) is 0 Å². The van der Waals surface area contributed by atoms with Gasteiger partial charge in [0.25, 0.3) is 5.91 Å². The predicted octanol–water partition coefficient (Wildman–Crippen LogP) is 2.25. The molecule has 0 bridgehead atoms. The van der Waals surface area contributed by atoms with E-state index in [0.717, 1.165) is 24.0 Å². The number of nitrogens with zero attached hydrogens (tertiary/aromatic N) is 3. The van der Waals surface area contributed by atoms with Crippen LogP contribution in [0.2, 0.25) is 0 Å². The molecule has 1 aromatic heterocycles. The van der Waals surface area contributed by atoms with Crippen molar-refractivity contribution in [3.05, 3.63) is 53.0 Å². The number of benzene rings is 1. The van der Waals surface area contributed by atoms with Gasteiger partial charge < -0.3 is 10.2 Å². The maximum atomic E-state index is 12.1. The van der Waals surface area contributed by atoms with Crippen LogP contribution < -0.4 is 10.2 Å². The Kier molecular flexibility index (Phi) is 4.15. The van der Waals surface area contributed by atoms with Crippen molar-refractivity contribution >= 4 is 27.5 Å². The van der Waals surface area contributed by atoms with Crippen LogP contribution in [0.5, 0.6) is 0 Å². The zero-order valence-corrected chi connectivity index (χ0v) is 13.0. The third kappa shape index (κ3) is 3.39. The van der Waals surface area contributed by atoms with Crippen molar-refractivity contribution < 1.29 is 4.79 Å². The quantitative estimate of drug-likeness (QED) is 0.925. The van der Waals surface area contributed by atoms with E-state index in [0.29, 0.717) is 5.69 Å². The summed E-state index contributed by atoms with van der Waals surface area (Å²) in [5.74, 6) is -0.161. The molecule has 2 heterocycles. The highest BCUT2D eigenvalue weighted by atomic mass is 79.9. The van der Waals surface area contributed by atoms with Crippen LogP contribution in [0.1, 0.15) is 16.9 Å². The first-order valence-electron chi connectivity index (χ1n) is 6.80. The first-order chi connectivity index (χ1) is 10.2. The number of hydrogen-bond donors (Lipinski definition) is 1. The molecule has 1 amide bonds. The average molecular weight is 347 g/mol. The van der Waals surface area contributed by atoms with Crippen LogP contribution in [0.15, 0.2) is 47.3 Å². The van der Waals surface area contributed by atoms with Gasteiger partial charge >= 0.3 is 0 Å². The van der Waals surface area contributed by atoms with Crippen LogP contribution in [-0.2, 0) is 0 Å². The highest BCUT2D eigenvalue weighted by molar-refractivity contribution is 9.10. The average Bonchev–Trinajstić information content (AvgIpc) is 2.97. The number of hydrogen-bond acceptors (Lipinski definition) is 4. The van der Waals surface area contributed by atoms with E-state index in [1.165, 1.54) is 18.1 Å². The molecule has 108 valence electrons. The molecule has 1 N–H and O–H groups in total. The monoisotopic (exact) mass is 346 g/mol. The molecule has 21 heavy (non-hydrogen) atoms. The van der Waals surface area contributed by atoms with Gasteiger partial charge in [-0.1, -0.05) is 15.9 Å². The molecule has 1 fully saturated rings. The summed E-state index contributed by atoms with van der Waals surface area (Å²) in [6, 6.07) is 8.36. The SMILES string of the molecule is O=C(NC1CCN(c2ccc(Br)cc2)C1)c1cnccn1. The lowest BCUT2D eigenvalue weighted by atomic mass is 10.2. The van der Waals surface area contributed by atoms with Gasteiger partial charge in [-0.05, 0) is 30.7 Å². The molecule has 1 unspecified atom stereocenters. The van der Waals surface area contributed by atoms with E-state index in [-0.39, 0.29) is 11.9 Å². The molecular weight excluding hydrogens is 332 g/mol. The topological polar surface area (TPSA) is 58.1 Å². The summed E-state index contributed by atoms with van der Waals surface area (Å²) in [6.45, 7) is 1.75. The van der Waals surface area contributed by atoms with Crippen LogP contribution >= 0.6 is 15.9 Å². The Morgan fingerprint density at radius 3 is 2.81 bits per heavy atom. The largest absolute Gasteiger partial charge is 0.369 e. The maximum absolute atomic E-state index is 12.1. The highest BCUT2D eigenvalue weighted by Gasteiger charge is 2.24. The van der Waals surface area contributed by atoms with Crippen LogP contribution in [0.4, 0.5) is 5.69 Å². The van der Waals surface area contributed by atoms with E-state index < -0.39 is 0 Å². The van der Waals surface area contributed by atoms with Gasteiger partial charge in [0.15, 0.2) is 0 Å². The van der Waals surface area contributed by atoms with Gasteiger partial charge in [-0.3, -0.25) is 9.78 Å². The van der Waals surface area contributed by atoms with Crippen molar-refractivity contribution in [2.45, 2.75) is 12.5 Å². The lowest BCUT2D eigenvalue weighted by Crippen LogP contribution is -2.37. The van der Waals surface area contributed by atoms with E-state index in [1.807, 2.05) is 12.1 Å². The van der Waals surface area contributed by atoms with Crippen LogP contribution in [-0.4, -0.2) is 35.0 Å². The number of carbonyl (C=O) groups is 1. The smallest absolute Gasteiger partial charge is 0.271 e. The molecule has 5 nitrogen and oxygen atoms in total. The first-order valence-corrected chi connectivity index (χ1v) is 7.59. The third-order valence-corrected chi connectivity index (χ3v) is 4.04. The summed E-state index contributed by atoms with van der Waals surface area (Å²) in [5, 5.41) is 3.01. The second kappa shape index (κ2) is 6.22. The standard InChI is InChI=1S/C15H15BrN4O/c16-11-1-3-13(4-2-11)20-8-5-12(10-20)19-15(21)14-9-17-6-7-18-14/h1-4,6-7,9,12H,5,8,10H2,(H,19,21). The first kappa shape index (κ1) is 14.0. The molecule has 1 aliphatic heterocycles. The van der Waals surface area contributed by atoms with Crippen LogP contribution in [0.3, 0.4) is 0 Å². The molecule has 1 aromatic carbocycles. The Labute approximate surface area is 131 Å². The fourth-order valence-electron chi connectivity index (χ4n) is 2.44. The molecule has 1 aliphatic rings. The van der Waals surface area contributed by atoms with E-state index in [1.54, 1.807) is 6.20 Å². The van der Waals surface area contributed by atoms with E-state index in [4.69, 9.17) is 0 Å². The van der Waals surface area contributed by atoms with Gasteiger partial charge in [-0.15, -0.1) is 0 Å². The molecule has 6 heteroatoms. The number of halogens is 1. The lowest BCUT2D eigenvalue weighted by molar-refractivity contribution is 0.0935. The summed E-state index contributed by atoms with van der Waals surface area (Å²) in [4.78, 5) is 22.2. The van der Waals surface area contributed by atoms with Gasteiger partial charge in [0.1, 0.15) is 5.69 Å². The number of nitrogens with one attached hydrogen (secondary N) is 1. The maximum Gasteiger partial charge on any atom is 0.271 e. The highest BCUT2D eigenvalue weighted by Crippen LogP contribution is 2.22. The molecule has 0 radical (unpaired) electrons. The minimum Gasteiger partial charge on any atom is -0.369 e. The number of rotatable bonds is 3. The van der Waals surface area contributed by atoms with Crippen molar-refractivity contribution in [2.75, 3.05) is 18.0 Å². The van der Waals surface area contributed by atoms with Gasteiger partial charge in [-0.25, -0.2) is 4.98 Å². The Balaban J connectivity index is 1.60. The van der Waals surface area contributed by atoms with Gasteiger partial charge in [-0.2, -0.15) is 0 Å². The van der Waals surface area contributed by atoms with Crippen LogP contribution in [0.25, 0.3) is 0 Å². The molecule has 3 rings (SSSR count). The fourth-order valence-corrected chi connectivity index (χ4v) is 2.70. The van der Waals surface area contributed by atoms with Crippen molar-refractivity contribution in [3.63, 3.8) is 0 Å². The second-order valence-corrected chi connectivity index (χ2v) is 5.89. The Bertz CT molecular complexity index is 617. The summed E-state index contributed by atoms with van der Waals surface area (Å²) in [5.41, 5.74) is 1.54. The normalized spacial score (nSPS) is 17.8. The predicted molar refractivity (Wildman–Crippen MR) is 84.3 cm³/mol. The summed E-state index contributed by atoms with van der Waals surface area (Å²) >= 11 is 3.44. The number of anilines is 1. The summed E-state index contributed by atoms with van der Waals surface area (Å²) in [7, 11) is 0. The number of aromatic nitrogens is 2. The van der Waals surface area contributed by atoms with Gasteiger partial charge in [0, 0.05) is 41.7 Å². The molecule has 0 spiro atoms. The molecule has 1 atom stereocenters. The minimum absolute atomic E-state index is 0.142. The molecule has 2 aromatic rings. The Morgan fingerprint density at radius 2 is 2.10 bits per heavy atom. The van der Waals surface area contributed by atoms with Crippen molar-refractivity contribution in [1.29, 1.82) is 0 Å². The van der Waals surface area contributed by atoms with Crippen molar-refractivity contribution in [2.24, 2.45) is 0 Å². The summed E-state index contributed by atoms with van der Waals surface area (Å²) in [6.07, 6.45) is 5.50. The van der Waals surface area contributed by atoms with Gasteiger partial charge in [0.2, 0.25) is 0 Å². The summed E-state index contributed by atoms with van der Waals surface area (Å²) < 4.78 is 1.07. The molecule has 0 aliphatic carbocycles.